The molecule has 1 heterocycles. The Morgan fingerprint density at radius 3 is 2.50 bits per heavy atom. The number of hydrogen-bond donors (Lipinski definition) is 2. The number of amides is 1. The molecule has 2 N–H and O–H groups in total. The second-order valence-corrected chi connectivity index (χ2v) is 6.37. The maximum atomic E-state index is 12.2. The van der Waals surface area contributed by atoms with Gasteiger partial charge in [0.25, 0.3) is 0 Å². The third-order valence-corrected chi connectivity index (χ3v) is 4.68. The first-order valence-electron chi connectivity index (χ1n) is 8.39. The molecule has 1 aliphatic heterocycles. The highest BCUT2D eigenvalue weighted by atomic mass is 16.5. The fourth-order valence-corrected chi connectivity index (χ4v) is 2.96. The Morgan fingerprint density at radius 1 is 1.32 bits per heavy atom. The van der Waals surface area contributed by atoms with Gasteiger partial charge in [-0.1, -0.05) is 6.92 Å². The Morgan fingerprint density at radius 2 is 1.95 bits per heavy atom. The summed E-state index contributed by atoms with van der Waals surface area (Å²) in [7, 11) is 1.69. The molecule has 0 bridgehead atoms. The van der Waals surface area contributed by atoms with Crippen LogP contribution in [0, 0.1) is 5.92 Å². The summed E-state index contributed by atoms with van der Waals surface area (Å²) < 4.78 is 5.19. The summed E-state index contributed by atoms with van der Waals surface area (Å²) in [5, 5.41) is 3.11. The van der Waals surface area contributed by atoms with Gasteiger partial charge in [0.05, 0.1) is 20.2 Å². The van der Waals surface area contributed by atoms with Gasteiger partial charge in [-0.3, -0.25) is 4.79 Å². The summed E-state index contributed by atoms with van der Waals surface area (Å²) in [5.41, 5.74) is 1.33. The minimum absolute atomic E-state index is 0.202. The molecule has 1 saturated heterocycles. The summed E-state index contributed by atoms with van der Waals surface area (Å²) in [6.45, 7) is 7.35. The van der Waals surface area contributed by atoms with Gasteiger partial charge in [0, 0.05) is 30.4 Å². The highest BCUT2D eigenvalue weighted by Gasteiger charge is 2.27. The van der Waals surface area contributed by atoms with E-state index < -0.39 is 0 Å². The molecule has 1 amide bonds. The first kappa shape index (κ1) is 16.8. The SMILES string of the molecule is CC[C@H](C)NC(=O)C1CC[NH+](Cc2ccc(OC)cc2)CC1. The number of benzene rings is 1. The van der Waals surface area contributed by atoms with Crippen LogP contribution in [0.4, 0.5) is 0 Å². The van der Waals surface area contributed by atoms with Crippen molar-refractivity contribution >= 4 is 5.91 Å². The maximum absolute atomic E-state index is 12.2. The normalized spacial score (nSPS) is 22.9. The van der Waals surface area contributed by atoms with E-state index in [2.05, 4.69) is 31.3 Å². The van der Waals surface area contributed by atoms with Crippen molar-refractivity contribution < 1.29 is 14.4 Å². The van der Waals surface area contributed by atoms with Crippen molar-refractivity contribution in [3.63, 3.8) is 0 Å². The minimum atomic E-state index is 0.202. The van der Waals surface area contributed by atoms with Crippen LogP contribution >= 0.6 is 0 Å². The molecule has 1 atom stereocenters. The fraction of sp³-hybridized carbons (Fsp3) is 0.611. The molecule has 0 radical (unpaired) electrons. The van der Waals surface area contributed by atoms with Crippen molar-refractivity contribution in [1.82, 2.24) is 5.32 Å². The standard InChI is InChI=1S/C18H28N2O2/c1-4-14(2)19-18(21)16-9-11-20(12-10-16)13-15-5-7-17(22-3)8-6-15/h5-8,14,16H,4,9-13H2,1-3H3,(H,19,21)/p+1/t14-/m0/s1. The second-order valence-electron chi connectivity index (χ2n) is 6.37. The summed E-state index contributed by atoms with van der Waals surface area (Å²) in [4.78, 5) is 13.7. The Labute approximate surface area is 133 Å². The molecule has 0 saturated carbocycles. The highest BCUT2D eigenvalue weighted by Crippen LogP contribution is 2.13. The van der Waals surface area contributed by atoms with Crippen molar-refractivity contribution in [1.29, 1.82) is 0 Å². The molecule has 22 heavy (non-hydrogen) atoms. The summed E-state index contributed by atoms with van der Waals surface area (Å²) in [5.74, 6) is 1.35. The zero-order valence-corrected chi connectivity index (χ0v) is 14.0. The molecule has 0 aromatic heterocycles. The molecule has 1 aromatic rings. The van der Waals surface area contributed by atoms with Gasteiger partial charge in [-0.05, 0) is 37.6 Å². The number of nitrogens with one attached hydrogen (secondary N) is 2. The number of quaternary nitrogens is 1. The molecule has 0 aliphatic carbocycles. The first-order valence-corrected chi connectivity index (χ1v) is 8.39. The lowest BCUT2D eigenvalue weighted by molar-refractivity contribution is -0.919. The zero-order valence-electron chi connectivity index (χ0n) is 14.0. The summed E-state index contributed by atoms with van der Waals surface area (Å²) in [6.07, 6.45) is 2.98. The number of carbonyl (C=O) groups is 1. The topological polar surface area (TPSA) is 42.8 Å². The van der Waals surface area contributed by atoms with Crippen LogP contribution in [0.1, 0.15) is 38.7 Å². The summed E-state index contributed by atoms with van der Waals surface area (Å²) >= 11 is 0. The van der Waals surface area contributed by atoms with Gasteiger partial charge in [-0.15, -0.1) is 0 Å². The Kier molecular flexibility index (Phi) is 6.25. The predicted octanol–water partition coefficient (Wildman–Crippen LogP) is 1.40. The Bertz CT molecular complexity index is 464. The average Bonchev–Trinajstić information content (AvgIpc) is 2.56. The van der Waals surface area contributed by atoms with Crippen molar-refractivity contribution in [2.75, 3.05) is 20.2 Å². The van der Waals surface area contributed by atoms with Gasteiger partial charge in [0.1, 0.15) is 12.3 Å². The van der Waals surface area contributed by atoms with Crippen LogP contribution in [0.2, 0.25) is 0 Å². The Hall–Kier alpha value is -1.55. The van der Waals surface area contributed by atoms with Crippen LogP contribution < -0.4 is 15.0 Å². The van der Waals surface area contributed by atoms with E-state index in [-0.39, 0.29) is 17.9 Å². The average molecular weight is 305 g/mol. The van der Waals surface area contributed by atoms with E-state index >= 15 is 0 Å². The number of methoxy groups -OCH3 is 1. The molecule has 1 fully saturated rings. The molecular weight excluding hydrogens is 276 g/mol. The molecule has 1 aromatic carbocycles. The summed E-state index contributed by atoms with van der Waals surface area (Å²) in [6, 6.07) is 8.58. The maximum Gasteiger partial charge on any atom is 0.223 e. The molecule has 2 rings (SSSR count). The monoisotopic (exact) mass is 305 g/mol. The smallest absolute Gasteiger partial charge is 0.223 e. The molecule has 4 heteroatoms. The molecule has 1 aliphatic rings. The van der Waals surface area contributed by atoms with Crippen LogP contribution in [0.5, 0.6) is 5.75 Å². The number of rotatable bonds is 6. The molecule has 0 unspecified atom stereocenters. The van der Waals surface area contributed by atoms with Crippen LogP contribution in [-0.4, -0.2) is 32.1 Å². The van der Waals surface area contributed by atoms with Gasteiger partial charge < -0.3 is 15.0 Å². The van der Waals surface area contributed by atoms with Crippen molar-refractivity contribution in [3.8, 4) is 5.75 Å². The van der Waals surface area contributed by atoms with Gasteiger partial charge in [0.2, 0.25) is 5.91 Å². The van der Waals surface area contributed by atoms with Gasteiger partial charge >= 0.3 is 0 Å². The van der Waals surface area contributed by atoms with E-state index in [0.29, 0.717) is 0 Å². The molecule has 4 nitrogen and oxygen atoms in total. The fourth-order valence-electron chi connectivity index (χ4n) is 2.96. The lowest BCUT2D eigenvalue weighted by atomic mass is 9.95. The number of ether oxygens (including phenoxy) is 1. The lowest BCUT2D eigenvalue weighted by Crippen LogP contribution is -3.11. The number of carbonyl (C=O) groups excluding carboxylic acids is 1. The quantitative estimate of drug-likeness (QED) is 0.834. The predicted molar refractivity (Wildman–Crippen MR) is 88.0 cm³/mol. The van der Waals surface area contributed by atoms with E-state index in [9.17, 15) is 4.79 Å². The zero-order chi connectivity index (χ0) is 15.9. The van der Waals surface area contributed by atoms with Crippen LogP contribution in [0.25, 0.3) is 0 Å². The highest BCUT2D eigenvalue weighted by molar-refractivity contribution is 5.78. The van der Waals surface area contributed by atoms with E-state index in [1.54, 1.807) is 12.0 Å². The second kappa shape index (κ2) is 8.18. The first-order chi connectivity index (χ1) is 10.6. The number of likely N-dealkylation sites (tertiary alicyclic amines) is 1. The van der Waals surface area contributed by atoms with E-state index in [4.69, 9.17) is 4.74 Å². The van der Waals surface area contributed by atoms with E-state index in [1.165, 1.54) is 5.56 Å². The largest absolute Gasteiger partial charge is 0.497 e. The van der Waals surface area contributed by atoms with Gasteiger partial charge in [-0.2, -0.15) is 0 Å². The number of hydrogen-bond acceptors (Lipinski definition) is 2. The molecule has 122 valence electrons. The van der Waals surface area contributed by atoms with Crippen molar-refractivity contribution in [2.24, 2.45) is 5.92 Å². The lowest BCUT2D eigenvalue weighted by Gasteiger charge is -2.29. The Balaban J connectivity index is 1.77. The van der Waals surface area contributed by atoms with E-state index in [1.807, 2.05) is 12.1 Å². The van der Waals surface area contributed by atoms with Crippen LogP contribution in [0.15, 0.2) is 24.3 Å². The third-order valence-electron chi connectivity index (χ3n) is 4.68. The van der Waals surface area contributed by atoms with Crippen LogP contribution in [-0.2, 0) is 11.3 Å². The molecule has 0 spiro atoms. The van der Waals surface area contributed by atoms with E-state index in [0.717, 1.165) is 44.6 Å². The third kappa shape index (κ3) is 4.73. The van der Waals surface area contributed by atoms with Gasteiger partial charge in [0.15, 0.2) is 0 Å². The molecular formula is C18H29N2O2+. The van der Waals surface area contributed by atoms with Gasteiger partial charge in [-0.25, -0.2) is 0 Å². The van der Waals surface area contributed by atoms with Crippen molar-refractivity contribution in [2.45, 2.75) is 45.7 Å². The minimum Gasteiger partial charge on any atom is -0.497 e. The van der Waals surface area contributed by atoms with Crippen LogP contribution in [0.3, 0.4) is 0 Å². The number of piperidine rings is 1. The van der Waals surface area contributed by atoms with Crippen molar-refractivity contribution in [3.05, 3.63) is 29.8 Å².